The minimum Gasteiger partial charge on any atom is -0.482 e. The van der Waals surface area contributed by atoms with E-state index in [2.05, 4.69) is 0 Å². The van der Waals surface area contributed by atoms with Crippen LogP contribution in [0.5, 0.6) is 5.75 Å². The van der Waals surface area contributed by atoms with E-state index in [1.165, 1.54) is 22.7 Å². The van der Waals surface area contributed by atoms with Crippen LogP contribution < -0.4 is 4.74 Å². The predicted molar refractivity (Wildman–Crippen MR) is 96.5 cm³/mol. The zero-order chi connectivity index (χ0) is 19.6. The van der Waals surface area contributed by atoms with Crippen LogP contribution in [-0.2, 0) is 23.9 Å². The van der Waals surface area contributed by atoms with Crippen LogP contribution in [0.4, 0.5) is 0 Å². The van der Waals surface area contributed by atoms with Crippen molar-refractivity contribution in [3.05, 3.63) is 40.9 Å². The highest BCUT2D eigenvalue weighted by Gasteiger charge is 2.27. The molecule has 2 rings (SSSR count). The minimum absolute atomic E-state index is 0.0258. The Morgan fingerprint density at radius 3 is 2.70 bits per heavy atom. The number of nitrogens with zero attached hydrogens (tertiary/aromatic N) is 2. The molecule has 0 aromatic heterocycles. The van der Waals surface area contributed by atoms with Gasteiger partial charge in [0, 0.05) is 0 Å². The molecule has 0 atom stereocenters. The number of hydrogen-bond acceptors (Lipinski definition) is 8. The molecule has 0 saturated carbocycles. The summed E-state index contributed by atoms with van der Waals surface area (Å²) >= 11 is 1.23. The molecule has 9 heteroatoms. The Labute approximate surface area is 160 Å². The molecule has 1 aromatic rings. The van der Waals surface area contributed by atoms with E-state index in [1.54, 1.807) is 31.2 Å². The normalized spacial score (nSPS) is 14.7. The Bertz CT molecular complexity index is 769. The van der Waals surface area contributed by atoms with Crippen LogP contribution in [0.25, 0.3) is 0 Å². The molecule has 1 aromatic carbocycles. The van der Waals surface area contributed by atoms with Crippen LogP contribution in [0.15, 0.2) is 35.4 Å². The zero-order valence-electron chi connectivity index (χ0n) is 14.7. The largest absolute Gasteiger partial charge is 0.482 e. The van der Waals surface area contributed by atoms with Crippen molar-refractivity contribution in [3.63, 3.8) is 0 Å². The van der Waals surface area contributed by atoms with E-state index >= 15 is 0 Å². The van der Waals surface area contributed by atoms with E-state index in [4.69, 9.17) is 19.5 Å². The summed E-state index contributed by atoms with van der Waals surface area (Å²) in [5, 5.41) is 9.20. The fraction of sp³-hybridized carbons (Fsp3) is 0.333. The molecule has 1 aliphatic rings. The minimum atomic E-state index is -0.588. The summed E-state index contributed by atoms with van der Waals surface area (Å²) in [4.78, 5) is 36.5. The van der Waals surface area contributed by atoms with Crippen molar-refractivity contribution in [1.82, 2.24) is 4.90 Å². The number of carbonyl (C=O) groups excluding carboxylic acids is 3. The third kappa shape index (κ3) is 6.34. The maximum atomic E-state index is 11.9. The van der Waals surface area contributed by atoms with E-state index in [-0.39, 0.29) is 38.0 Å². The van der Waals surface area contributed by atoms with Crippen LogP contribution in [-0.4, -0.2) is 54.9 Å². The van der Waals surface area contributed by atoms with Gasteiger partial charge in [-0.2, -0.15) is 5.26 Å². The lowest BCUT2D eigenvalue weighted by molar-refractivity contribution is -0.147. The third-order valence-corrected chi connectivity index (χ3v) is 4.38. The first-order valence-electron chi connectivity index (χ1n) is 8.13. The summed E-state index contributed by atoms with van der Waals surface area (Å²) in [7, 11) is 0. The summed E-state index contributed by atoms with van der Waals surface area (Å²) in [5.41, 5.74) is 0.491. The Kier molecular flexibility index (Phi) is 7.70. The van der Waals surface area contributed by atoms with Gasteiger partial charge in [-0.05, 0) is 31.2 Å². The van der Waals surface area contributed by atoms with Gasteiger partial charge in [0.25, 0.3) is 0 Å². The number of hydrogen-bond donors (Lipinski definition) is 0. The zero-order valence-corrected chi connectivity index (χ0v) is 15.5. The second kappa shape index (κ2) is 10.2. The molecule has 0 bridgehead atoms. The molecular weight excluding hydrogens is 372 g/mol. The smallest absolute Gasteiger partial charge is 0.344 e. The van der Waals surface area contributed by atoms with Crippen molar-refractivity contribution in [2.24, 2.45) is 0 Å². The van der Waals surface area contributed by atoms with Crippen molar-refractivity contribution in [2.45, 2.75) is 6.92 Å². The van der Waals surface area contributed by atoms with Gasteiger partial charge >= 0.3 is 11.9 Å². The van der Waals surface area contributed by atoms with Crippen molar-refractivity contribution in [1.29, 1.82) is 5.26 Å². The molecule has 1 fully saturated rings. The SMILES string of the molecule is CCOC(=O)/C=C1\SCC(=O)N1CCOC(=O)COc1ccc(C#N)cc1. The quantitative estimate of drug-likeness (QED) is 0.485. The number of carbonyl (C=O) groups is 3. The van der Waals surface area contributed by atoms with Crippen molar-refractivity contribution < 1.29 is 28.6 Å². The lowest BCUT2D eigenvalue weighted by atomic mass is 10.2. The monoisotopic (exact) mass is 390 g/mol. The van der Waals surface area contributed by atoms with Gasteiger partial charge in [0.15, 0.2) is 6.61 Å². The van der Waals surface area contributed by atoms with Gasteiger partial charge < -0.3 is 19.1 Å². The number of nitriles is 1. The first kappa shape index (κ1) is 20.3. The van der Waals surface area contributed by atoms with Crippen LogP contribution in [0.3, 0.4) is 0 Å². The second-order valence-corrected chi connectivity index (χ2v) is 6.21. The van der Waals surface area contributed by atoms with Gasteiger partial charge in [-0.1, -0.05) is 11.8 Å². The van der Waals surface area contributed by atoms with Gasteiger partial charge in [0.1, 0.15) is 12.4 Å². The Balaban J connectivity index is 1.76. The van der Waals surface area contributed by atoms with E-state index in [0.717, 1.165) is 0 Å². The highest BCUT2D eigenvalue weighted by molar-refractivity contribution is 8.04. The standard InChI is InChI=1S/C18H18N2O6S/c1-2-24-17(22)9-16-20(15(21)12-27-16)7-8-25-18(23)11-26-14-5-3-13(10-19)4-6-14/h3-6,9H,2,7-8,11-12H2,1H3/b16-9-. The lowest BCUT2D eigenvalue weighted by Gasteiger charge is -2.16. The lowest BCUT2D eigenvalue weighted by Crippen LogP contribution is -2.30. The molecule has 1 amide bonds. The van der Waals surface area contributed by atoms with E-state index in [9.17, 15) is 14.4 Å². The first-order chi connectivity index (χ1) is 13.0. The Morgan fingerprint density at radius 2 is 2.04 bits per heavy atom. The first-order valence-corrected chi connectivity index (χ1v) is 9.12. The van der Waals surface area contributed by atoms with Gasteiger partial charge in [0.2, 0.25) is 5.91 Å². The van der Waals surface area contributed by atoms with Crippen LogP contribution in [0, 0.1) is 11.3 Å². The second-order valence-electron chi connectivity index (χ2n) is 5.21. The molecule has 0 spiro atoms. The van der Waals surface area contributed by atoms with Gasteiger partial charge in [-0.25, -0.2) is 9.59 Å². The number of ether oxygens (including phenoxy) is 3. The van der Waals surface area contributed by atoms with Gasteiger partial charge in [0.05, 0.1) is 41.6 Å². The molecule has 27 heavy (non-hydrogen) atoms. The van der Waals surface area contributed by atoms with Crippen LogP contribution in [0.2, 0.25) is 0 Å². The van der Waals surface area contributed by atoms with Crippen LogP contribution >= 0.6 is 11.8 Å². The number of benzene rings is 1. The average Bonchev–Trinajstić information content (AvgIpc) is 3.00. The number of esters is 2. The van der Waals surface area contributed by atoms with E-state index in [0.29, 0.717) is 16.3 Å². The number of amides is 1. The predicted octanol–water partition coefficient (Wildman–Crippen LogP) is 1.46. The van der Waals surface area contributed by atoms with E-state index in [1.807, 2.05) is 6.07 Å². The van der Waals surface area contributed by atoms with E-state index < -0.39 is 11.9 Å². The molecule has 0 N–H and O–H groups in total. The summed E-state index contributed by atoms with van der Waals surface area (Å²) in [6, 6.07) is 8.30. The maximum absolute atomic E-state index is 11.9. The van der Waals surface area contributed by atoms with Crippen molar-refractivity contribution in [3.8, 4) is 11.8 Å². The molecule has 1 aliphatic heterocycles. The van der Waals surface area contributed by atoms with Crippen molar-refractivity contribution in [2.75, 3.05) is 32.1 Å². The average molecular weight is 390 g/mol. The highest BCUT2D eigenvalue weighted by Crippen LogP contribution is 2.28. The number of thioether (sulfide) groups is 1. The molecule has 1 heterocycles. The molecule has 1 saturated heterocycles. The molecule has 142 valence electrons. The summed E-state index contributed by atoms with van der Waals surface area (Å²) < 4.78 is 15.2. The van der Waals surface area contributed by atoms with Crippen LogP contribution in [0.1, 0.15) is 12.5 Å². The van der Waals surface area contributed by atoms with Gasteiger partial charge in [-0.15, -0.1) is 0 Å². The summed E-state index contributed by atoms with van der Waals surface area (Å²) in [6.07, 6.45) is 1.26. The maximum Gasteiger partial charge on any atom is 0.344 e. The Hall–Kier alpha value is -2.99. The highest BCUT2D eigenvalue weighted by atomic mass is 32.2. The fourth-order valence-corrected chi connectivity index (χ4v) is 3.07. The molecule has 0 unspecified atom stereocenters. The fourth-order valence-electron chi connectivity index (χ4n) is 2.11. The van der Waals surface area contributed by atoms with Gasteiger partial charge in [-0.3, -0.25) is 4.79 Å². The van der Waals surface area contributed by atoms with Crippen molar-refractivity contribution >= 4 is 29.6 Å². The topological polar surface area (TPSA) is 106 Å². The molecule has 0 aliphatic carbocycles. The third-order valence-electron chi connectivity index (χ3n) is 3.36. The number of rotatable bonds is 8. The molecule has 0 radical (unpaired) electrons. The Morgan fingerprint density at radius 1 is 1.30 bits per heavy atom. The molecular formula is C18H18N2O6S. The molecule has 8 nitrogen and oxygen atoms in total. The summed E-state index contributed by atoms with van der Waals surface area (Å²) in [6.45, 7) is 1.76. The summed E-state index contributed by atoms with van der Waals surface area (Å²) in [5.74, 6) is -0.611.